The summed E-state index contributed by atoms with van der Waals surface area (Å²) in [5.74, 6) is -2.82. The Morgan fingerprint density at radius 2 is 1.84 bits per heavy atom. The fourth-order valence-electron chi connectivity index (χ4n) is 3.58. The number of fused-ring (bicyclic) bond motifs is 1. The van der Waals surface area contributed by atoms with Gasteiger partial charge in [0.1, 0.15) is 11.1 Å². The molecule has 1 heterocycles. The van der Waals surface area contributed by atoms with Crippen LogP contribution in [-0.4, -0.2) is 30.3 Å². The van der Waals surface area contributed by atoms with Crippen molar-refractivity contribution in [2.45, 2.75) is 50.9 Å². The van der Waals surface area contributed by atoms with E-state index < -0.39 is 23.7 Å². The maximum absolute atomic E-state index is 14.4. The molecular weight excluding hydrogens is 443 g/mol. The van der Waals surface area contributed by atoms with E-state index in [4.69, 9.17) is 4.74 Å². The molecular formula is C22H22F3N3O3S. The van der Waals surface area contributed by atoms with E-state index in [1.165, 1.54) is 31.2 Å². The van der Waals surface area contributed by atoms with Crippen LogP contribution in [0, 0.1) is 11.3 Å². The topological polar surface area (TPSA) is 91.2 Å². The van der Waals surface area contributed by atoms with Crippen LogP contribution in [0.4, 0.5) is 18.2 Å². The normalized spacial score (nSPS) is 15.5. The quantitative estimate of drug-likeness (QED) is 0.371. The number of halogens is 3. The fourth-order valence-corrected chi connectivity index (χ4v) is 4.88. The highest BCUT2D eigenvalue weighted by Gasteiger charge is 2.64. The number of nitriles is 1. The first-order valence-electron chi connectivity index (χ1n) is 10.2. The summed E-state index contributed by atoms with van der Waals surface area (Å²) in [5.41, 5.74) is -2.86. The molecule has 1 aromatic carbocycles. The molecule has 1 amide bonds. The Bertz CT molecular complexity index is 1030. The molecule has 3 rings (SSSR count). The molecule has 2 aromatic rings. The van der Waals surface area contributed by atoms with Gasteiger partial charge in [-0.05, 0) is 50.3 Å². The van der Waals surface area contributed by atoms with Crippen LogP contribution in [0.25, 0.3) is 0 Å². The largest absolute Gasteiger partial charge is 0.463 e. The Morgan fingerprint density at radius 3 is 2.47 bits per heavy atom. The van der Waals surface area contributed by atoms with Crippen LogP contribution in [0.1, 0.15) is 52.5 Å². The zero-order chi connectivity index (χ0) is 23.4. The molecule has 0 spiro atoms. The third-order valence-corrected chi connectivity index (χ3v) is 6.39. The average molecular weight is 465 g/mol. The minimum absolute atomic E-state index is 0.0605. The second-order valence-corrected chi connectivity index (χ2v) is 8.40. The Hall–Kier alpha value is -3.06. The van der Waals surface area contributed by atoms with Crippen LogP contribution in [0.2, 0.25) is 0 Å². The van der Waals surface area contributed by atoms with Crippen molar-refractivity contribution in [3.63, 3.8) is 0 Å². The van der Waals surface area contributed by atoms with E-state index in [-0.39, 0.29) is 22.7 Å². The fraction of sp³-hybridized carbons (Fsp3) is 0.409. The first-order valence-corrected chi connectivity index (χ1v) is 11.0. The van der Waals surface area contributed by atoms with Gasteiger partial charge in [0.15, 0.2) is 0 Å². The molecule has 170 valence electrons. The minimum atomic E-state index is -5.27. The third kappa shape index (κ3) is 4.58. The summed E-state index contributed by atoms with van der Waals surface area (Å²) < 4.78 is 48.0. The number of nitrogens with zero attached hydrogens (tertiary/aromatic N) is 1. The van der Waals surface area contributed by atoms with Crippen LogP contribution in [0.5, 0.6) is 0 Å². The summed E-state index contributed by atoms with van der Waals surface area (Å²) in [4.78, 5) is 26.2. The molecule has 1 aromatic heterocycles. The van der Waals surface area contributed by atoms with Gasteiger partial charge < -0.3 is 15.4 Å². The van der Waals surface area contributed by atoms with Crippen molar-refractivity contribution >= 4 is 28.2 Å². The second-order valence-electron chi connectivity index (χ2n) is 7.29. The van der Waals surface area contributed by atoms with Crippen LogP contribution in [0.3, 0.4) is 0 Å². The minimum Gasteiger partial charge on any atom is -0.463 e. The highest BCUT2D eigenvalue weighted by Crippen LogP contribution is 2.41. The van der Waals surface area contributed by atoms with E-state index in [1.54, 1.807) is 6.07 Å². The number of benzene rings is 1. The lowest BCUT2D eigenvalue weighted by Crippen LogP contribution is -2.69. The second kappa shape index (κ2) is 9.61. The van der Waals surface area contributed by atoms with Gasteiger partial charge in [-0.25, -0.2) is 4.79 Å². The Labute approximate surface area is 187 Å². The van der Waals surface area contributed by atoms with Gasteiger partial charge in [-0.3, -0.25) is 4.79 Å². The van der Waals surface area contributed by atoms with Gasteiger partial charge in [-0.15, -0.1) is 11.3 Å². The van der Waals surface area contributed by atoms with Crippen LogP contribution in [-0.2, 0) is 22.4 Å². The van der Waals surface area contributed by atoms with Crippen LogP contribution < -0.4 is 10.6 Å². The molecule has 1 aliphatic rings. The van der Waals surface area contributed by atoms with Crippen molar-refractivity contribution in [3.8, 4) is 6.07 Å². The number of amides is 1. The third-order valence-electron chi connectivity index (χ3n) is 5.18. The first kappa shape index (κ1) is 23.6. The number of alkyl halides is 3. The summed E-state index contributed by atoms with van der Waals surface area (Å²) in [7, 11) is 0. The van der Waals surface area contributed by atoms with Crippen LogP contribution in [0.15, 0.2) is 30.3 Å². The molecule has 1 atom stereocenters. The van der Waals surface area contributed by atoms with Crippen molar-refractivity contribution in [3.05, 3.63) is 51.9 Å². The lowest BCUT2D eigenvalue weighted by Gasteiger charge is -2.35. The number of nitrogens with one attached hydrogen (secondary N) is 2. The van der Waals surface area contributed by atoms with E-state index in [2.05, 4.69) is 5.32 Å². The van der Waals surface area contributed by atoms with Gasteiger partial charge >= 0.3 is 17.8 Å². The summed E-state index contributed by atoms with van der Waals surface area (Å²) in [5, 5.41) is 13.6. The Kier molecular flexibility index (Phi) is 7.09. The number of carbonyl (C=O) groups excluding carboxylic acids is 2. The Balaban J connectivity index is 2.09. The predicted octanol–water partition coefficient (Wildman–Crippen LogP) is 4.55. The number of hydrogen-bond donors (Lipinski definition) is 2. The van der Waals surface area contributed by atoms with Gasteiger partial charge in [0.2, 0.25) is 0 Å². The molecule has 0 fully saturated rings. The Morgan fingerprint density at radius 1 is 1.16 bits per heavy atom. The number of esters is 1. The number of aryl methyl sites for hydroxylation is 1. The summed E-state index contributed by atoms with van der Waals surface area (Å²) in [6, 6.07) is 9.23. The summed E-state index contributed by atoms with van der Waals surface area (Å²) in [6.45, 7) is 1.04. The lowest BCUT2D eigenvalue weighted by atomic mass is 10.0. The number of ether oxygens (including phenoxy) is 1. The van der Waals surface area contributed by atoms with E-state index in [1.807, 2.05) is 11.4 Å². The molecule has 0 saturated heterocycles. The van der Waals surface area contributed by atoms with Gasteiger partial charge in [-0.1, -0.05) is 24.6 Å². The van der Waals surface area contributed by atoms with Crippen molar-refractivity contribution in [2.75, 3.05) is 11.9 Å². The van der Waals surface area contributed by atoms with Gasteiger partial charge in [0, 0.05) is 10.4 Å². The SMILES string of the molecule is CCOC(=O)[C@](NC(=O)c1ccccc1)(Nc1sc2c(c1C#N)CCCCC2)C(F)(F)F. The number of anilines is 1. The number of thiophene rings is 1. The molecule has 32 heavy (non-hydrogen) atoms. The van der Waals surface area contributed by atoms with E-state index in [9.17, 15) is 28.0 Å². The number of hydrogen-bond acceptors (Lipinski definition) is 6. The van der Waals surface area contributed by atoms with E-state index >= 15 is 0 Å². The molecule has 0 aliphatic heterocycles. The molecule has 2 N–H and O–H groups in total. The summed E-state index contributed by atoms with van der Waals surface area (Å²) >= 11 is 1.01. The molecule has 6 nitrogen and oxygen atoms in total. The highest BCUT2D eigenvalue weighted by atomic mass is 32.1. The van der Waals surface area contributed by atoms with Crippen molar-refractivity contribution in [2.24, 2.45) is 0 Å². The predicted molar refractivity (Wildman–Crippen MR) is 113 cm³/mol. The van der Waals surface area contributed by atoms with E-state index in [0.29, 0.717) is 18.4 Å². The maximum atomic E-state index is 14.4. The zero-order valence-corrected chi connectivity index (χ0v) is 18.2. The van der Waals surface area contributed by atoms with Crippen molar-refractivity contribution < 1.29 is 27.5 Å². The average Bonchev–Trinajstić information content (AvgIpc) is 2.91. The van der Waals surface area contributed by atoms with Crippen molar-refractivity contribution in [1.29, 1.82) is 5.26 Å². The molecule has 1 aliphatic carbocycles. The standard InChI is InChI=1S/C22H22F3N3O3S/c1-2-31-20(30)21(22(23,24)25,27-18(29)14-9-5-3-6-10-14)28-19-16(13-26)15-11-7-4-8-12-17(15)32-19/h3,5-6,9-10,28H,2,4,7-8,11-12H2,1H3,(H,27,29)/t21-/m0/s1. The molecule has 10 heteroatoms. The monoisotopic (exact) mass is 465 g/mol. The van der Waals surface area contributed by atoms with Gasteiger partial charge in [0.05, 0.1) is 12.2 Å². The van der Waals surface area contributed by atoms with Crippen molar-refractivity contribution in [1.82, 2.24) is 5.32 Å². The molecule has 0 saturated carbocycles. The van der Waals surface area contributed by atoms with Gasteiger partial charge in [-0.2, -0.15) is 18.4 Å². The van der Waals surface area contributed by atoms with Gasteiger partial charge in [0.25, 0.3) is 5.91 Å². The maximum Gasteiger partial charge on any atom is 0.441 e. The molecule has 0 radical (unpaired) electrons. The molecule has 0 unspecified atom stereocenters. The zero-order valence-electron chi connectivity index (χ0n) is 17.3. The molecule has 0 bridgehead atoms. The lowest BCUT2D eigenvalue weighted by molar-refractivity contribution is -0.204. The first-order chi connectivity index (χ1) is 15.2. The van der Waals surface area contributed by atoms with E-state index in [0.717, 1.165) is 35.5 Å². The van der Waals surface area contributed by atoms with Crippen LogP contribution >= 0.6 is 11.3 Å². The smallest absolute Gasteiger partial charge is 0.441 e. The highest BCUT2D eigenvalue weighted by molar-refractivity contribution is 7.16. The summed E-state index contributed by atoms with van der Waals surface area (Å²) in [6.07, 6.45) is -1.39. The number of rotatable bonds is 6. The number of carbonyl (C=O) groups is 2.